The summed E-state index contributed by atoms with van der Waals surface area (Å²) in [7, 11) is 0. The Morgan fingerprint density at radius 2 is 2.14 bits per heavy atom. The molecule has 6 heteroatoms. The number of hydrogen-bond acceptors (Lipinski definition) is 3. The Balaban J connectivity index is 1.93. The van der Waals surface area contributed by atoms with Crippen LogP contribution in [0.15, 0.2) is 23.6 Å². The zero-order chi connectivity index (χ0) is 15.0. The third-order valence-corrected chi connectivity index (χ3v) is 4.67. The van der Waals surface area contributed by atoms with Crippen LogP contribution in [0.5, 0.6) is 0 Å². The van der Waals surface area contributed by atoms with Crippen LogP contribution in [0.1, 0.15) is 39.7 Å². The maximum absolute atomic E-state index is 13.9. The molecule has 1 heterocycles. The zero-order valence-corrected chi connectivity index (χ0v) is 11.8. The van der Waals surface area contributed by atoms with E-state index in [4.69, 9.17) is 5.11 Å². The summed E-state index contributed by atoms with van der Waals surface area (Å²) in [6.45, 7) is 0. The minimum absolute atomic E-state index is 0.0258. The first-order valence-electron chi connectivity index (χ1n) is 6.61. The number of halogens is 2. The summed E-state index contributed by atoms with van der Waals surface area (Å²) >= 11 is 1.67. The molecule has 0 fully saturated rings. The van der Waals surface area contributed by atoms with Crippen molar-refractivity contribution in [3.8, 4) is 0 Å². The standard InChI is InChI=1S/C15H13F2NO2S/c16-10-7-11(17)13(6-9(10)15(19)20)18-12-2-1-3-14-8(12)4-5-21-14/h4-7,12,18H,1-3H2,(H,19,20). The lowest BCUT2D eigenvalue weighted by Crippen LogP contribution is -2.17. The van der Waals surface area contributed by atoms with Crippen molar-refractivity contribution in [2.24, 2.45) is 0 Å². The van der Waals surface area contributed by atoms with Gasteiger partial charge in [0.2, 0.25) is 0 Å². The van der Waals surface area contributed by atoms with E-state index in [1.54, 1.807) is 11.3 Å². The molecule has 0 radical (unpaired) electrons. The smallest absolute Gasteiger partial charge is 0.338 e. The summed E-state index contributed by atoms with van der Waals surface area (Å²) in [4.78, 5) is 12.2. The summed E-state index contributed by atoms with van der Waals surface area (Å²) < 4.78 is 27.3. The predicted molar refractivity (Wildman–Crippen MR) is 76.9 cm³/mol. The van der Waals surface area contributed by atoms with E-state index in [1.807, 2.05) is 11.4 Å². The molecule has 1 aliphatic carbocycles. The number of thiophene rings is 1. The minimum Gasteiger partial charge on any atom is -0.478 e. The van der Waals surface area contributed by atoms with Crippen LogP contribution in [0.4, 0.5) is 14.5 Å². The lowest BCUT2D eigenvalue weighted by molar-refractivity contribution is 0.0692. The maximum Gasteiger partial charge on any atom is 0.338 e. The second-order valence-electron chi connectivity index (χ2n) is 5.01. The SMILES string of the molecule is O=C(O)c1cc(NC2CCCc3sccc32)c(F)cc1F. The molecule has 1 atom stereocenters. The summed E-state index contributed by atoms with van der Waals surface area (Å²) in [5.41, 5.74) is 0.616. The van der Waals surface area contributed by atoms with E-state index >= 15 is 0 Å². The number of carboxylic acid groups (broad SMARTS) is 1. The Kier molecular flexibility index (Phi) is 3.63. The van der Waals surface area contributed by atoms with Crippen LogP contribution in [0, 0.1) is 11.6 Å². The normalized spacial score (nSPS) is 17.3. The van der Waals surface area contributed by atoms with E-state index in [1.165, 1.54) is 4.88 Å². The molecule has 0 amide bonds. The van der Waals surface area contributed by atoms with E-state index in [-0.39, 0.29) is 11.7 Å². The quantitative estimate of drug-likeness (QED) is 0.892. The molecular formula is C15H13F2NO2S. The van der Waals surface area contributed by atoms with Crippen LogP contribution in [0.3, 0.4) is 0 Å². The van der Waals surface area contributed by atoms with Gasteiger partial charge in [-0.25, -0.2) is 13.6 Å². The van der Waals surface area contributed by atoms with Crippen molar-refractivity contribution in [1.82, 2.24) is 0 Å². The summed E-state index contributed by atoms with van der Waals surface area (Å²) in [6.07, 6.45) is 2.83. The third kappa shape index (κ3) is 2.63. The number of anilines is 1. The van der Waals surface area contributed by atoms with Crippen molar-refractivity contribution in [2.45, 2.75) is 25.3 Å². The van der Waals surface area contributed by atoms with Gasteiger partial charge in [0, 0.05) is 10.9 Å². The summed E-state index contributed by atoms with van der Waals surface area (Å²) in [5, 5.41) is 13.9. The van der Waals surface area contributed by atoms with E-state index in [2.05, 4.69) is 5.32 Å². The summed E-state index contributed by atoms with van der Waals surface area (Å²) in [5.74, 6) is -3.25. The lowest BCUT2D eigenvalue weighted by Gasteiger charge is -2.25. The Labute approximate surface area is 124 Å². The topological polar surface area (TPSA) is 49.3 Å². The molecule has 0 spiro atoms. The number of aromatic carboxylic acids is 1. The monoisotopic (exact) mass is 309 g/mol. The molecule has 2 N–H and O–H groups in total. The molecule has 1 aromatic carbocycles. The fourth-order valence-electron chi connectivity index (χ4n) is 2.65. The van der Waals surface area contributed by atoms with Crippen molar-refractivity contribution >= 4 is 23.0 Å². The van der Waals surface area contributed by atoms with Crippen LogP contribution < -0.4 is 5.32 Å². The molecule has 3 nitrogen and oxygen atoms in total. The van der Waals surface area contributed by atoms with Gasteiger partial charge in [0.1, 0.15) is 11.6 Å². The maximum atomic E-state index is 13.9. The number of nitrogens with one attached hydrogen (secondary N) is 1. The number of carbonyl (C=O) groups is 1. The van der Waals surface area contributed by atoms with Crippen LogP contribution in [-0.2, 0) is 6.42 Å². The molecule has 1 aromatic heterocycles. The van der Waals surface area contributed by atoms with Crippen molar-refractivity contribution in [1.29, 1.82) is 0 Å². The first-order valence-corrected chi connectivity index (χ1v) is 7.49. The summed E-state index contributed by atoms with van der Waals surface area (Å²) in [6, 6.07) is 3.56. The van der Waals surface area contributed by atoms with E-state index in [9.17, 15) is 13.6 Å². The number of rotatable bonds is 3. The highest BCUT2D eigenvalue weighted by Crippen LogP contribution is 2.36. The highest BCUT2D eigenvalue weighted by atomic mass is 32.1. The largest absolute Gasteiger partial charge is 0.478 e. The number of fused-ring (bicyclic) bond motifs is 1. The van der Waals surface area contributed by atoms with Gasteiger partial charge in [-0.1, -0.05) is 0 Å². The molecular weight excluding hydrogens is 296 g/mol. The third-order valence-electron chi connectivity index (χ3n) is 3.67. The van der Waals surface area contributed by atoms with Crippen molar-refractivity contribution in [3.05, 3.63) is 51.2 Å². The van der Waals surface area contributed by atoms with Crippen molar-refractivity contribution in [3.63, 3.8) is 0 Å². The van der Waals surface area contributed by atoms with Gasteiger partial charge < -0.3 is 10.4 Å². The van der Waals surface area contributed by atoms with Crippen LogP contribution in [0.2, 0.25) is 0 Å². The van der Waals surface area contributed by atoms with Gasteiger partial charge in [-0.05, 0) is 42.3 Å². The van der Waals surface area contributed by atoms with Gasteiger partial charge in [-0.15, -0.1) is 11.3 Å². The zero-order valence-electron chi connectivity index (χ0n) is 11.0. The second kappa shape index (κ2) is 5.44. The van der Waals surface area contributed by atoms with Gasteiger partial charge in [0.25, 0.3) is 0 Å². The average Bonchev–Trinajstić information content (AvgIpc) is 2.90. The molecule has 1 unspecified atom stereocenters. The first kappa shape index (κ1) is 14.0. The fourth-order valence-corrected chi connectivity index (χ4v) is 3.64. The van der Waals surface area contributed by atoms with Gasteiger partial charge in [-0.3, -0.25) is 0 Å². The Morgan fingerprint density at radius 3 is 2.90 bits per heavy atom. The second-order valence-corrected chi connectivity index (χ2v) is 6.01. The highest BCUT2D eigenvalue weighted by molar-refractivity contribution is 7.10. The lowest BCUT2D eigenvalue weighted by atomic mass is 9.93. The fraction of sp³-hybridized carbons (Fsp3) is 0.267. The highest BCUT2D eigenvalue weighted by Gasteiger charge is 2.23. The molecule has 110 valence electrons. The van der Waals surface area contributed by atoms with E-state index in [0.717, 1.165) is 30.9 Å². The number of benzene rings is 1. The molecule has 0 bridgehead atoms. The average molecular weight is 309 g/mol. The Bertz CT molecular complexity index is 699. The first-order chi connectivity index (χ1) is 10.1. The number of hydrogen-bond donors (Lipinski definition) is 2. The molecule has 1 aliphatic rings. The molecule has 3 rings (SSSR count). The van der Waals surface area contributed by atoms with Gasteiger partial charge >= 0.3 is 5.97 Å². The minimum atomic E-state index is -1.41. The molecule has 0 aliphatic heterocycles. The van der Waals surface area contributed by atoms with Gasteiger partial charge in [0.15, 0.2) is 0 Å². The molecule has 2 aromatic rings. The predicted octanol–water partition coefficient (Wildman–Crippen LogP) is 4.21. The number of aryl methyl sites for hydroxylation is 1. The Morgan fingerprint density at radius 1 is 1.33 bits per heavy atom. The van der Waals surface area contributed by atoms with Crippen molar-refractivity contribution < 1.29 is 18.7 Å². The van der Waals surface area contributed by atoms with Crippen LogP contribution >= 0.6 is 11.3 Å². The Hall–Kier alpha value is -1.95. The van der Waals surface area contributed by atoms with Gasteiger partial charge in [0.05, 0.1) is 17.3 Å². The van der Waals surface area contributed by atoms with Gasteiger partial charge in [-0.2, -0.15) is 0 Å². The van der Waals surface area contributed by atoms with E-state index < -0.39 is 23.2 Å². The van der Waals surface area contributed by atoms with Crippen LogP contribution in [-0.4, -0.2) is 11.1 Å². The molecule has 0 saturated carbocycles. The molecule has 21 heavy (non-hydrogen) atoms. The van der Waals surface area contributed by atoms with Crippen LogP contribution in [0.25, 0.3) is 0 Å². The molecule has 0 saturated heterocycles. The number of carboxylic acids is 1. The van der Waals surface area contributed by atoms with E-state index in [0.29, 0.717) is 6.07 Å². The van der Waals surface area contributed by atoms with Crippen molar-refractivity contribution in [2.75, 3.05) is 5.32 Å².